The Balaban J connectivity index is 2.00. The van der Waals surface area contributed by atoms with E-state index in [2.05, 4.69) is 9.97 Å². The van der Waals surface area contributed by atoms with Crippen LogP contribution in [0.3, 0.4) is 0 Å². The van der Waals surface area contributed by atoms with Gasteiger partial charge in [0.2, 0.25) is 0 Å². The van der Waals surface area contributed by atoms with Crippen molar-refractivity contribution in [1.29, 1.82) is 0 Å². The largest absolute Gasteiger partial charge is 0.306 e. The van der Waals surface area contributed by atoms with Gasteiger partial charge in [-0.1, -0.05) is 12.1 Å². The topological polar surface area (TPSA) is 45.8 Å². The number of benzene rings is 2. The Labute approximate surface area is 122 Å². The summed E-state index contributed by atoms with van der Waals surface area (Å²) in [5, 5.41) is 0.143. The van der Waals surface area contributed by atoms with Gasteiger partial charge in [0.15, 0.2) is 11.6 Å². The Kier molecular flexibility index (Phi) is 3.50. The van der Waals surface area contributed by atoms with Gasteiger partial charge in [-0.15, -0.1) is 0 Å². The lowest BCUT2D eigenvalue weighted by molar-refractivity contribution is 0.508. The van der Waals surface area contributed by atoms with E-state index in [0.717, 1.165) is 18.2 Å². The molecule has 0 saturated heterocycles. The highest BCUT2D eigenvalue weighted by Gasteiger charge is 2.04. The predicted octanol–water partition coefficient (Wildman–Crippen LogP) is 3.51. The van der Waals surface area contributed by atoms with Gasteiger partial charge in [0.05, 0.1) is 10.9 Å². The molecule has 1 aromatic heterocycles. The van der Waals surface area contributed by atoms with Crippen LogP contribution in [0.4, 0.5) is 13.2 Å². The van der Waals surface area contributed by atoms with Crippen LogP contribution in [0, 0.1) is 17.5 Å². The predicted molar refractivity (Wildman–Crippen MR) is 77.6 cm³/mol. The van der Waals surface area contributed by atoms with Crippen molar-refractivity contribution in [3.63, 3.8) is 0 Å². The molecule has 110 valence electrons. The van der Waals surface area contributed by atoms with E-state index in [1.807, 2.05) is 0 Å². The van der Waals surface area contributed by atoms with Crippen LogP contribution >= 0.6 is 0 Å². The van der Waals surface area contributed by atoms with Gasteiger partial charge in [-0.2, -0.15) is 0 Å². The molecule has 0 aliphatic carbocycles. The minimum absolute atomic E-state index is 0.143. The molecule has 0 aliphatic heterocycles. The van der Waals surface area contributed by atoms with Crippen LogP contribution in [0.1, 0.15) is 11.4 Å². The number of nitrogens with one attached hydrogen (secondary N) is 1. The second-order valence-electron chi connectivity index (χ2n) is 4.62. The molecule has 0 aliphatic rings. The molecule has 3 rings (SSSR count). The van der Waals surface area contributed by atoms with Crippen LogP contribution in [-0.2, 0) is 0 Å². The molecule has 0 spiro atoms. The lowest BCUT2D eigenvalue weighted by atomic mass is 10.2. The van der Waals surface area contributed by atoms with Gasteiger partial charge in [0.25, 0.3) is 5.56 Å². The molecule has 0 atom stereocenters. The summed E-state index contributed by atoms with van der Waals surface area (Å²) in [5.74, 6) is -2.19. The van der Waals surface area contributed by atoms with Gasteiger partial charge < -0.3 is 4.98 Å². The number of aromatic amines is 1. The number of rotatable bonds is 2. The zero-order chi connectivity index (χ0) is 15.7. The maximum Gasteiger partial charge on any atom is 0.259 e. The van der Waals surface area contributed by atoms with Crippen molar-refractivity contribution in [2.24, 2.45) is 0 Å². The molecule has 0 unspecified atom stereocenters. The van der Waals surface area contributed by atoms with Gasteiger partial charge in [-0.25, -0.2) is 18.2 Å². The van der Waals surface area contributed by atoms with E-state index in [1.165, 1.54) is 30.4 Å². The van der Waals surface area contributed by atoms with Crippen LogP contribution in [0.2, 0.25) is 0 Å². The van der Waals surface area contributed by atoms with E-state index >= 15 is 0 Å². The minimum atomic E-state index is -0.961. The van der Waals surface area contributed by atoms with Crippen LogP contribution in [-0.4, -0.2) is 9.97 Å². The fourth-order valence-electron chi connectivity index (χ4n) is 2.00. The second kappa shape index (κ2) is 5.48. The van der Waals surface area contributed by atoms with Gasteiger partial charge in [-0.05, 0) is 42.0 Å². The van der Waals surface area contributed by atoms with E-state index in [0.29, 0.717) is 11.1 Å². The monoisotopic (exact) mass is 302 g/mol. The lowest BCUT2D eigenvalue weighted by Gasteiger charge is -1.99. The van der Waals surface area contributed by atoms with Crippen molar-refractivity contribution in [2.45, 2.75) is 0 Å². The standard InChI is InChI=1S/C16H9F3N2O/c17-10-3-5-14-11(8-10)16(22)21-15(20-14)6-2-9-1-4-12(18)13(19)7-9/h1-8H,(H,20,21,22). The van der Waals surface area contributed by atoms with E-state index < -0.39 is 23.0 Å². The van der Waals surface area contributed by atoms with Crippen molar-refractivity contribution in [2.75, 3.05) is 0 Å². The second-order valence-corrected chi connectivity index (χ2v) is 4.62. The number of hydrogen-bond acceptors (Lipinski definition) is 2. The average molecular weight is 302 g/mol. The van der Waals surface area contributed by atoms with Crippen molar-refractivity contribution in [1.82, 2.24) is 9.97 Å². The molecule has 0 amide bonds. The van der Waals surface area contributed by atoms with Crippen LogP contribution in [0.15, 0.2) is 41.2 Å². The van der Waals surface area contributed by atoms with Gasteiger partial charge >= 0.3 is 0 Å². The Morgan fingerprint density at radius 2 is 1.77 bits per heavy atom. The van der Waals surface area contributed by atoms with Crippen molar-refractivity contribution in [3.05, 3.63) is 75.6 Å². The lowest BCUT2D eigenvalue weighted by Crippen LogP contribution is -2.09. The first-order valence-corrected chi connectivity index (χ1v) is 6.36. The summed E-state index contributed by atoms with van der Waals surface area (Å²) in [6.07, 6.45) is 2.94. The molecular weight excluding hydrogens is 293 g/mol. The van der Waals surface area contributed by atoms with Crippen LogP contribution in [0.5, 0.6) is 0 Å². The summed E-state index contributed by atoms with van der Waals surface area (Å²) in [4.78, 5) is 18.5. The number of halogens is 3. The molecule has 6 heteroatoms. The third-order valence-corrected chi connectivity index (χ3v) is 3.06. The van der Waals surface area contributed by atoms with Crippen molar-refractivity contribution >= 4 is 23.1 Å². The molecule has 1 heterocycles. The number of H-pyrrole nitrogens is 1. The Hall–Kier alpha value is -2.89. The molecule has 1 N–H and O–H groups in total. The first-order chi connectivity index (χ1) is 10.5. The minimum Gasteiger partial charge on any atom is -0.306 e. The fraction of sp³-hybridized carbons (Fsp3) is 0. The molecule has 3 aromatic rings. The maximum absolute atomic E-state index is 13.1. The summed E-state index contributed by atoms with van der Waals surface area (Å²) in [5.41, 5.74) is 0.283. The Morgan fingerprint density at radius 3 is 2.55 bits per heavy atom. The smallest absolute Gasteiger partial charge is 0.259 e. The number of aromatic nitrogens is 2. The molecule has 2 aromatic carbocycles. The number of nitrogens with zero attached hydrogens (tertiary/aromatic N) is 1. The van der Waals surface area contributed by atoms with Gasteiger partial charge in [0.1, 0.15) is 11.6 Å². The normalized spacial score (nSPS) is 11.4. The molecule has 0 saturated carbocycles. The zero-order valence-electron chi connectivity index (χ0n) is 11.1. The van der Waals surface area contributed by atoms with Gasteiger partial charge in [0, 0.05) is 0 Å². The zero-order valence-corrected chi connectivity index (χ0v) is 11.1. The average Bonchev–Trinajstić information content (AvgIpc) is 2.49. The molecule has 3 nitrogen and oxygen atoms in total. The van der Waals surface area contributed by atoms with E-state index in [-0.39, 0.29) is 11.2 Å². The highest BCUT2D eigenvalue weighted by atomic mass is 19.2. The summed E-state index contributed by atoms with van der Waals surface area (Å²) in [7, 11) is 0. The first kappa shape index (κ1) is 14.1. The molecular formula is C16H9F3N2O. The number of fused-ring (bicyclic) bond motifs is 1. The third-order valence-electron chi connectivity index (χ3n) is 3.06. The van der Waals surface area contributed by atoms with E-state index in [4.69, 9.17) is 0 Å². The van der Waals surface area contributed by atoms with E-state index in [1.54, 1.807) is 0 Å². The summed E-state index contributed by atoms with van der Waals surface area (Å²) >= 11 is 0. The first-order valence-electron chi connectivity index (χ1n) is 6.36. The highest BCUT2D eigenvalue weighted by molar-refractivity contribution is 5.79. The summed E-state index contributed by atoms with van der Waals surface area (Å²) < 4.78 is 39.0. The van der Waals surface area contributed by atoms with Crippen LogP contribution in [0.25, 0.3) is 23.1 Å². The Bertz CT molecular complexity index is 948. The van der Waals surface area contributed by atoms with E-state index in [9.17, 15) is 18.0 Å². The molecule has 0 fully saturated rings. The molecule has 22 heavy (non-hydrogen) atoms. The quantitative estimate of drug-likeness (QED) is 0.787. The Morgan fingerprint density at radius 1 is 0.955 bits per heavy atom. The molecule has 0 radical (unpaired) electrons. The van der Waals surface area contributed by atoms with Crippen molar-refractivity contribution < 1.29 is 13.2 Å². The maximum atomic E-state index is 13.1. The summed E-state index contributed by atoms with van der Waals surface area (Å²) in [6.45, 7) is 0. The number of hydrogen-bond donors (Lipinski definition) is 1. The van der Waals surface area contributed by atoms with Gasteiger partial charge in [-0.3, -0.25) is 4.79 Å². The third kappa shape index (κ3) is 2.76. The molecule has 0 bridgehead atoms. The fourth-order valence-corrected chi connectivity index (χ4v) is 2.00. The van der Waals surface area contributed by atoms with Crippen LogP contribution < -0.4 is 5.56 Å². The summed E-state index contributed by atoms with van der Waals surface area (Å²) in [6, 6.07) is 7.13. The highest BCUT2D eigenvalue weighted by Crippen LogP contribution is 2.13. The van der Waals surface area contributed by atoms with Crippen molar-refractivity contribution in [3.8, 4) is 0 Å². The SMILES string of the molecule is O=c1[nH]c(C=Cc2ccc(F)c(F)c2)nc2ccc(F)cc12.